The van der Waals surface area contributed by atoms with E-state index in [2.05, 4.69) is 0 Å². The summed E-state index contributed by atoms with van der Waals surface area (Å²) in [5.74, 6) is -0.993. The number of rotatable bonds is 2. The fraction of sp³-hybridized carbons (Fsp3) is 0.364. The predicted molar refractivity (Wildman–Crippen MR) is 60.3 cm³/mol. The number of hydrogen-bond donors (Lipinski definition) is 1. The van der Waals surface area contributed by atoms with E-state index in [1.807, 2.05) is 6.07 Å². The Bertz CT molecular complexity index is 591. The summed E-state index contributed by atoms with van der Waals surface area (Å²) >= 11 is 0. The van der Waals surface area contributed by atoms with E-state index >= 15 is 0 Å². The first-order valence-corrected chi connectivity index (χ1v) is 6.90. The molecule has 0 aliphatic heterocycles. The number of halogens is 1. The third-order valence-electron chi connectivity index (χ3n) is 3.06. The van der Waals surface area contributed by atoms with Gasteiger partial charge in [0.15, 0.2) is 9.84 Å². The SMILES string of the molecule is CS(=O)(=O)[C@H]1[C@@H](c2ccc(F)cc2)[C@@]1(N)C#N. The van der Waals surface area contributed by atoms with Gasteiger partial charge in [-0.3, -0.25) is 0 Å². The second kappa shape index (κ2) is 3.52. The van der Waals surface area contributed by atoms with Crippen molar-refractivity contribution in [3.05, 3.63) is 35.6 Å². The van der Waals surface area contributed by atoms with E-state index in [-0.39, 0.29) is 0 Å². The van der Waals surface area contributed by atoms with Crippen molar-refractivity contribution >= 4 is 9.84 Å². The van der Waals surface area contributed by atoms with Gasteiger partial charge in [-0.15, -0.1) is 0 Å². The molecule has 1 saturated carbocycles. The predicted octanol–water partition coefficient (Wildman–Crippen LogP) is 0.557. The molecule has 17 heavy (non-hydrogen) atoms. The fourth-order valence-electron chi connectivity index (χ4n) is 2.23. The minimum atomic E-state index is -3.40. The minimum absolute atomic E-state index is 0.412. The van der Waals surface area contributed by atoms with Crippen LogP contribution in [0.5, 0.6) is 0 Å². The average molecular weight is 254 g/mol. The highest BCUT2D eigenvalue weighted by molar-refractivity contribution is 7.91. The molecule has 0 bridgehead atoms. The van der Waals surface area contributed by atoms with Crippen molar-refractivity contribution in [1.82, 2.24) is 0 Å². The lowest BCUT2D eigenvalue weighted by atomic mass is 10.1. The maximum Gasteiger partial charge on any atom is 0.153 e. The lowest BCUT2D eigenvalue weighted by Gasteiger charge is -2.00. The van der Waals surface area contributed by atoms with Gasteiger partial charge in [0.1, 0.15) is 16.6 Å². The van der Waals surface area contributed by atoms with E-state index in [9.17, 15) is 12.8 Å². The Hall–Kier alpha value is -1.45. The van der Waals surface area contributed by atoms with Crippen molar-refractivity contribution in [2.45, 2.75) is 16.7 Å². The van der Waals surface area contributed by atoms with Gasteiger partial charge in [-0.2, -0.15) is 5.26 Å². The highest BCUT2D eigenvalue weighted by Crippen LogP contribution is 2.53. The summed E-state index contributed by atoms with van der Waals surface area (Å²) in [5, 5.41) is 8.06. The van der Waals surface area contributed by atoms with E-state index < -0.39 is 32.4 Å². The molecule has 1 fully saturated rings. The van der Waals surface area contributed by atoms with Crippen LogP contribution in [0.25, 0.3) is 0 Å². The molecule has 1 aromatic carbocycles. The van der Waals surface area contributed by atoms with Crippen LogP contribution in [0.3, 0.4) is 0 Å². The van der Waals surface area contributed by atoms with E-state index in [1.165, 1.54) is 24.3 Å². The maximum absolute atomic E-state index is 12.8. The quantitative estimate of drug-likeness (QED) is 0.835. The number of hydrogen-bond acceptors (Lipinski definition) is 4. The first kappa shape index (κ1) is 12.0. The van der Waals surface area contributed by atoms with Crippen molar-refractivity contribution in [3.8, 4) is 6.07 Å². The van der Waals surface area contributed by atoms with Gasteiger partial charge in [0, 0.05) is 12.2 Å². The smallest absolute Gasteiger partial charge is 0.153 e. The van der Waals surface area contributed by atoms with Crippen molar-refractivity contribution in [2.24, 2.45) is 5.73 Å². The monoisotopic (exact) mass is 254 g/mol. The Morgan fingerprint density at radius 3 is 2.29 bits per heavy atom. The molecule has 0 unspecified atom stereocenters. The molecule has 0 radical (unpaired) electrons. The summed E-state index contributed by atoms with van der Waals surface area (Å²) < 4.78 is 35.8. The van der Waals surface area contributed by atoms with Gasteiger partial charge in [0.05, 0.1) is 6.07 Å². The van der Waals surface area contributed by atoms with Crippen LogP contribution in [0.1, 0.15) is 11.5 Å². The van der Waals surface area contributed by atoms with Gasteiger partial charge in [0.25, 0.3) is 0 Å². The van der Waals surface area contributed by atoms with Crippen LogP contribution in [0.2, 0.25) is 0 Å². The summed E-state index contributed by atoms with van der Waals surface area (Å²) in [4.78, 5) is 0. The second-order valence-corrected chi connectivity index (χ2v) is 6.49. The van der Waals surface area contributed by atoms with Gasteiger partial charge >= 0.3 is 0 Å². The van der Waals surface area contributed by atoms with Crippen molar-refractivity contribution < 1.29 is 12.8 Å². The number of sulfone groups is 1. The van der Waals surface area contributed by atoms with Gasteiger partial charge < -0.3 is 5.73 Å². The number of nitrogens with zero attached hydrogens (tertiary/aromatic N) is 1. The largest absolute Gasteiger partial charge is 0.312 e. The van der Waals surface area contributed by atoms with Crippen LogP contribution in [-0.2, 0) is 9.84 Å². The van der Waals surface area contributed by atoms with Crippen molar-refractivity contribution in [2.75, 3.05) is 6.26 Å². The lowest BCUT2D eigenvalue weighted by molar-refractivity contribution is 0.597. The van der Waals surface area contributed by atoms with E-state index in [1.54, 1.807) is 0 Å². The zero-order valence-electron chi connectivity index (χ0n) is 9.09. The highest BCUT2D eigenvalue weighted by atomic mass is 32.2. The van der Waals surface area contributed by atoms with Gasteiger partial charge in [-0.05, 0) is 17.7 Å². The standard InChI is InChI=1S/C11H11FN2O2S/c1-17(15,16)10-9(11(10,14)6-13)7-2-4-8(12)5-3-7/h2-5,9-10H,14H2,1H3/t9-,10+,11+/m1/s1. The molecule has 2 N–H and O–H groups in total. The summed E-state index contributed by atoms with van der Waals surface area (Å²) in [7, 11) is -3.40. The second-order valence-electron chi connectivity index (χ2n) is 4.32. The molecule has 2 rings (SSSR count). The van der Waals surface area contributed by atoms with Crippen molar-refractivity contribution in [3.63, 3.8) is 0 Å². The molecule has 0 saturated heterocycles. The summed E-state index contributed by atoms with van der Waals surface area (Å²) in [6, 6.07) is 7.22. The third kappa shape index (κ3) is 1.81. The van der Waals surface area contributed by atoms with Crippen LogP contribution >= 0.6 is 0 Å². The molecule has 0 spiro atoms. The fourth-order valence-corrected chi connectivity index (χ4v) is 3.94. The Morgan fingerprint density at radius 1 is 1.41 bits per heavy atom. The molecular formula is C11H11FN2O2S. The van der Waals surface area contributed by atoms with Gasteiger partial charge in [-0.25, -0.2) is 12.8 Å². The Morgan fingerprint density at radius 2 is 1.94 bits per heavy atom. The van der Waals surface area contributed by atoms with Crippen LogP contribution in [-0.4, -0.2) is 25.5 Å². The third-order valence-corrected chi connectivity index (χ3v) is 4.65. The average Bonchev–Trinajstić information content (AvgIpc) is 2.87. The maximum atomic E-state index is 12.8. The van der Waals surface area contributed by atoms with Crippen LogP contribution < -0.4 is 5.73 Å². The van der Waals surface area contributed by atoms with E-state index in [4.69, 9.17) is 11.0 Å². The van der Waals surface area contributed by atoms with E-state index in [0.29, 0.717) is 5.56 Å². The molecule has 4 nitrogen and oxygen atoms in total. The molecular weight excluding hydrogens is 243 g/mol. The van der Waals surface area contributed by atoms with Crippen molar-refractivity contribution in [1.29, 1.82) is 5.26 Å². The summed E-state index contributed by atoms with van der Waals surface area (Å²) in [6.07, 6.45) is 1.06. The van der Waals surface area contributed by atoms with Gasteiger partial charge in [0.2, 0.25) is 0 Å². The number of benzene rings is 1. The summed E-state index contributed by atoms with van der Waals surface area (Å²) in [6.45, 7) is 0. The van der Waals surface area contributed by atoms with Crippen LogP contribution in [0.4, 0.5) is 4.39 Å². The zero-order chi connectivity index (χ0) is 12.8. The Kier molecular flexibility index (Phi) is 2.49. The molecule has 0 aromatic heterocycles. The Labute approximate surface area is 98.8 Å². The van der Waals surface area contributed by atoms with E-state index in [0.717, 1.165) is 6.26 Å². The zero-order valence-corrected chi connectivity index (χ0v) is 9.91. The highest BCUT2D eigenvalue weighted by Gasteiger charge is 2.69. The molecule has 1 aliphatic rings. The Balaban J connectivity index is 2.42. The molecule has 3 atom stereocenters. The molecule has 6 heteroatoms. The molecule has 1 aromatic rings. The summed E-state index contributed by atoms with van der Waals surface area (Å²) in [5.41, 5.74) is 4.93. The molecule has 90 valence electrons. The number of nitriles is 1. The molecule has 0 heterocycles. The lowest BCUT2D eigenvalue weighted by Crippen LogP contribution is -2.28. The molecule has 0 amide bonds. The van der Waals surface area contributed by atoms with Crippen LogP contribution in [0.15, 0.2) is 24.3 Å². The normalized spacial score (nSPS) is 31.9. The first-order chi connectivity index (χ1) is 7.80. The first-order valence-electron chi connectivity index (χ1n) is 4.95. The minimum Gasteiger partial charge on any atom is -0.312 e. The topological polar surface area (TPSA) is 83.9 Å². The number of nitrogens with two attached hydrogens (primary N) is 1. The van der Waals surface area contributed by atoms with Gasteiger partial charge in [-0.1, -0.05) is 12.1 Å². The molecule has 1 aliphatic carbocycles. The van der Waals surface area contributed by atoms with Crippen LogP contribution in [0, 0.1) is 17.1 Å².